The number of nitrogens with two attached hydrogens (primary N) is 1. The topological polar surface area (TPSA) is 41.8 Å². The number of fused-ring (bicyclic) bond motifs is 3. The quantitative estimate of drug-likeness (QED) is 0.369. The maximum atomic E-state index is 6.62. The van der Waals surface area contributed by atoms with E-state index in [4.69, 9.17) is 5.73 Å². The van der Waals surface area contributed by atoms with E-state index < -0.39 is 0 Å². The van der Waals surface area contributed by atoms with E-state index >= 15 is 0 Å². The number of anilines is 1. The average Bonchev–Trinajstić information content (AvgIpc) is 3.08. The molecular formula is C24H18N2. The van der Waals surface area contributed by atoms with Crippen LogP contribution in [0.2, 0.25) is 0 Å². The lowest BCUT2D eigenvalue weighted by Crippen LogP contribution is -1.94. The number of hydrogen-bond donors (Lipinski definition) is 2. The molecule has 0 atom stereocenters. The Kier molecular flexibility index (Phi) is 3.29. The van der Waals surface area contributed by atoms with E-state index in [-0.39, 0.29) is 0 Å². The molecule has 4 aromatic carbocycles. The highest BCUT2D eigenvalue weighted by molar-refractivity contribution is 6.12. The van der Waals surface area contributed by atoms with E-state index in [9.17, 15) is 0 Å². The van der Waals surface area contributed by atoms with Crippen molar-refractivity contribution in [1.82, 2.24) is 4.98 Å². The highest BCUT2D eigenvalue weighted by Crippen LogP contribution is 2.39. The molecule has 0 aliphatic rings. The van der Waals surface area contributed by atoms with E-state index in [0.29, 0.717) is 0 Å². The molecule has 3 N–H and O–H groups in total. The van der Waals surface area contributed by atoms with Crippen molar-refractivity contribution in [2.24, 2.45) is 0 Å². The maximum absolute atomic E-state index is 6.62. The molecule has 0 radical (unpaired) electrons. The predicted molar refractivity (Wildman–Crippen MR) is 111 cm³/mol. The van der Waals surface area contributed by atoms with Gasteiger partial charge in [-0.15, -0.1) is 0 Å². The number of aromatic nitrogens is 1. The summed E-state index contributed by atoms with van der Waals surface area (Å²) in [5.41, 5.74) is 14.1. The third kappa shape index (κ3) is 2.20. The Morgan fingerprint density at radius 2 is 1.19 bits per heavy atom. The summed E-state index contributed by atoms with van der Waals surface area (Å²) in [5, 5.41) is 2.46. The SMILES string of the molecule is Nc1c(-c2ccccc2)cccc1-c1cccc2c1[nH]c1ccccc12. The van der Waals surface area contributed by atoms with Crippen molar-refractivity contribution in [3.05, 3.63) is 91.0 Å². The minimum absolute atomic E-state index is 0.810. The molecule has 2 heteroatoms. The summed E-state index contributed by atoms with van der Waals surface area (Å²) in [7, 11) is 0. The van der Waals surface area contributed by atoms with Crippen LogP contribution >= 0.6 is 0 Å². The number of nitrogens with one attached hydrogen (secondary N) is 1. The molecule has 2 nitrogen and oxygen atoms in total. The first-order valence-electron chi connectivity index (χ1n) is 8.76. The Labute approximate surface area is 151 Å². The molecule has 0 amide bonds. The molecule has 1 aromatic heterocycles. The van der Waals surface area contributed by atoms with Crippen molar-refractivity contribution < 1.29 is 0 Å². The summed E-state index contributed by atoms with van der Waals surface area (Å²) in [6.45, 7) is 0. The Morgan fingerprint density at radius 1 is 0.538 bits per heavy atom. The van der Waals surface area contributed by atoms with E-state index in [1.54, 1.807) is 0 Å². The van der Waals surface area contributed by atoms with Gasteiger partial charge < -0.3 is 10.7 Å². The third-order valence-corrected chi connectivity index (χ3v) is 5.02. The van der Waals surface area contributed by atoms with E-state index in [1.807, 2.05) is 18.2 Å². The van der Waals surface area contributed by atoms with Crippen LogP contribution in [-0.2, 0) is 0 Å². The minimum atomic E-state index is 0.810. The van der Waals surface area contributed by atoms with Crippen LogP contribution in [-0.4, -0.2) is 4.98 Å². The molecule has 5 rings (SSSR count). The van der Waals surface area contributed by atoms with Crippen molar-refractivity contribution in [3.8, 4) is 22.3 Å². The molecule has 26 heavy (non-hydrogen) atoms. The zero-order chi connectivity index (χ0) is 17.5. The first-order valence-corrected chi connectivity index (χ1v) is 8.76. The van der Waals surface area contributed by atoms with Gasteiger partial charge in [-0.2, -0.15) is 0 Å². The van der Waals surface area contributed by atoms with Gasteiger partial charge in [-0.1, -0.05) is 84.9 Å². The lowest BCUT2D eigenvalue weighted by atomic mass is 9.95. The fraction of sp³-hybridized carbons (Fsp3) is 0. The Balaban J connectivity index is 1.79. The van der Waals surface area contributed by atoms with Crippen LogP contribution in [0.1, 0.15) is 0 Å². The normalized spacial score (nSPS) is 11.2. The molecule has 1 heterocycles. The second kappa shape index (κ2) is 5.78. The standard InChI is InChI=1S/C24H18N2/c25-23-17(16-8-2-1-3-9-16)11-6-12-19(23)21-14-7-13-20-18-10-4-5-15-22(18)26-24(20)21/h1-15,26H,25H2. The molecule has 0 saturated heterocycles. The monoisotopic (exact) mass is 334 g/mol. The number of H-pyrrole nitrogens is 1. The van der Waals surface area contributed by atoms with E-state index in [2.05, 4.69) is 77.8 Å². The van der Waals surface area contributed by atoms with Gasteiger partial charge in [-0.05, 0) is 11.6 Å². The molecule has 0 unspecified atom stereocenters. The minimum Gasteiger partial charge on any atom is -0.398 e. The molecule has 0 aliphatic carbocycles. The van der Waals surface area contributed by atoms with Gasteiger partial charge in [0, 0.05) is 38.7 Å². The summed E-state index contributed by atoms with van der Waals surface area (Å²) in [5.74, 6) is 0. The van der Waals surface area contributed by atoms with Crippen molar-refractivity contribution in [1.29, 1.82) is 0 Å². The molecule has 0 aliphatic heterocycles. The molecule has 0 fully saturated rings. The molecule has 0 bridgehead atoms. The van der Waals surface area contributed by atoms with Gasteiger partial charge in [-0.3, -0.25) is 0 Å². The van der Waals surface area contributed by atoms with Crippen LogP contribution in [0.3, 0.4) is 0 Å². The van der Waals surface area contributed by atoms with Crippen molar-refractivity contribution in [2.75, 3.05) is 5.73 Å². The first kappa shape index (κ1) is 14.8. The van der Waals surface area contributed by atoms with Gasteiger partial charge in [0.05, 0.1) is 5.52 Å². The predicted octanol–water partition coefficient (Wildman–Crippen LogP) is 6.24. The number of aromatic amines is 1. The average molecular weight is 334 g/mol. The summed E-state index contributed by atoms with van der Waals surface area (Å²) in [6.07, 6.45) is 0. The molecular weight excluding hydrogens is 316 g/mol. The molecule has 0 spiro atoms. The molecule has 124 valence electrons. The second-order valence-corrected chi connectivity index (χ2v) is 6.53. The summed E-state index contributed by atoms with van der Waals surface area (Å²) in [6, 6.07) is 31.4. The van der Waals surface area contributed by atoms with Crippen LogP contribution in [0.4, 0.5) is 5.69 Å². The summed E-state index contributed by atoms with van der Waals surface area (Å²) >= 11 is 0. The third-order valence-electron chi connectivity index (χ3n) is 5.02. The zero-order valence-corrected chi connectivity index (χ0v) is 14.2. The van der Waals surface area contributed by atoms with Gasteiger partial charge in [0.2, 0.25) is 0 Å². The highest BCUT2D eigenvalue weighted by atomic mass is 14.7. The molecule has 5 aromatic rings. The van der Waals surface area contributed by atoms with Crippen molar-refractivity contribution in [2.45, 2.75) is 0 Å². The van der Waals surface area contributed by atoms with Gasteiger partial charge >= 0.3 is 0 Å². The Hall–Kier alpha value is -3.52. The lowest BCUT2D eigenvalue weighted by molar-refractivity contribution is 1.53. The fourth-order valence-corrected chi connectivity index (χ4v) is 3.77. The maximum Gasteiger partial charge on any atom is 0.0545 e. The van der Waals surface area contributed by atoms with Crippen LogP contribution in [0.5, 0.6) is 0 Å². The number of benzene rings is 4. The van der Waals surface area contributed by atoms with Crippen molar-refractivity contribution in [3.63, 3.8) is 0 Å². The smallest absolute Gasteiger partial charge is 0.0545 e. The van der Waals surface area contributed by atoms with Crippen LogP contribution in [0.25, 0.3) is 44.1 Å². The van der Waals surface area contributed by atoms with Crippen LogP contribution in [0.15, 0.2) is 91.0 Å². The van der Waals surface area contributed by atoms with Gasteiger partial charge in [0.1, 0.15) is 0 Å². The van der Waals surface area contributed by atoms with E-state index in [1.165, 1.54) is 10.8 Å². The van der Waals surface area contributed by atoms with Crippen molar-refractivity contribution >= 4 is 27.5 Å². The summed E-state index contributed by atoms with van der Waals surface area (Å²) in [4.78, 5) is 3.58. The number of hydrogen-bond acceptors (Lipinski definition) is 1. The Bertz CT molecular complexity index is 1230. The zero-order valence-electron chi connectivity index (χ0n) is 14.2. The number of nitrogen functional groups attached to an aromatic ring is 1. The highest BCUT2D eigenvalue weighted by Gasteiger charge is 2.13. The van der Waals surface area contributed by atoms with E-state index in [0.717, 1.165) is 39.0 Å². The van der Waals surface area contributed by atoms with Gasteiger partial charge in [0.25, 0.3) is 0 Å². The lowest BCUT2D eigenvalue weighted by Gasteiger charge is -2.12. The van der Waals surface area contributed by atoms with Gasteiger partial charge in [0.15, 0.2) is 0 Å². The Morgan fingerprint density at radius 3 is 2.08 bits per heavy atom. The van der Waals surface area contributed by atoms with Crippen LogP contribution < -0.4 is 5.73 Å². The second-order valence-electron chi connectivity index (χ2n) is 6.53. The first-order chi connectivity index (χ1) is 12.8. The number of rotatable bonds is 2. The summed E-state index contributed by atoms with van der Waals surface area (Å²) < 4.78 is 0. The van der Waals surface area contributed by atoms with Gasteiger partial charge in [-0.25, -0.2) is 0 Å². The number of para-hydroxylation sites is 3. The fourth-order valence-electron chi connectivity index (χ4n) is 3.77. The largest absolute Gasteiger partial charge is 0.398 e. The van der Waals surface area contributed by atoms with Crippen LogP contribution in [0, 0.1) is 0 Å². The molecule has 0 saturated carbocycles.